The average molecular weight is 215 g/mol. The molecule has 0 amide bonds. The van der Waals surface area contributed by atoms with E-state index in [0.29, 0.717) is 5.92 Å². The standard InChI is InChI=1S/C15H21N/c1-9(2)14(8-16)15-12(5)10(3)7-11(4)13(15)6/h7,9,14H,1-6H3. The zero-order valence-electron chi connectivity index (χ0n) is 11.2. The number of hydrogen-bond donors (Lipinski definition) is 0. The van der Waals surface area contributed by atoms with Crippen molar-refractivity contribution in [2.45, 2.75) is 47.5 Å². The lowest BCUT2D eigenvalue weighted by Gasteiger charge is -2.21. The average Bonchev–Trinajstić information content (AvgIpc) is 2.21. The van der Waals surface area contributed by atoms with Gasteiger partial charge >= 0.3 is 0 Å². The lowest BCUT2D eigenvalue weighted by Crippen LogP contribution is -2.10. The number of nitrogens with zero attached hydrogens (tertiary/aromatic N) is 1. The number of aryl methyl sites for hydroxylation is 2. The van der Waals surface area contributed by atoms with Crippen LogP contribution in [0.5, 0.6) is 0 Å². The van der Waals surface area contributed by atoms with Gasteiger partial charge in [-0.05, 0) is 61.4 Å². The van der Waals surface area contributed by atoms with Crippen molar-refractivity contribution in [2.75, 3.05) is 0 Å². The maximum atomic E-state index is 9.33. The van der Waals surface area contributed by atoms with E-state index in [0.717, 1.165) is 0 Å². The van der Waals surface area contributed by atoms with Crippen LogP contribution in [0.1, 0.15) is 47.6 Å². The first-order valence-electron chi connectivity index (χ1n) is 5.87. The molecular weight excluding hydrogens is 194 g/mol. The van der Waals surface area contributed by atoms with E-state index in [-0.39, 0.29) is 5.92 Å². The van der Waals surface area contributed by atoms with Gasteiger partial charge in [-0.1, -0.05) is 19.9 Å². The number of benzene rings is 1. The minimum Gasteiger partial charge on any atom is -0.198 e. The highest BCUT2D eigenvalue weighted by Gasteiger charge is 2.21. The van der Waals surface area contributed by atoms with Crippen LogP contribution >= 0.6 is 0 Å². The molecule has 1 rings (SSSR count). The molecule has 0 bridgehead atoms. The van der Waals surface area contributed by atoms with Gasteiger partial charge in [-0.3, -0.25) is 0 Å². The lowest BCUT2D eigenvalue weighted by atomic mass is 9.81. The van der Waals surface area contributed by atoms with E-state index in [2.05, 4.69) is 53.7 Å². The highest BCUT2D eigenvalue weighted by Crippen LogP contribution is 2.32. The Morgan fingerprint density at radius 2 is 1.44 bits per heavy atom. The van der Waals surface area contributed by atoms with Gasteiger partial charge in [-0.15, -0.1) is 0 Å². The van der Waals surface area contributed by atoms with Gasteiger partial charge in [0.25, 0.3) is 0 Å². The number of hydrogen-bond acceptors (Lipinski definition) is 1. The summed E-state index contributed by atoms with van der Waals surface area (Å²) in [6, 6.07) is 4.67. The first-order valence-corrected chi connectivity index (χ1v) is 5.87. The number of nitriles is 1. The summed E-state index contributed by atoms with van der Waals surface area (Å²) < 4.78 is 0. The summed E-state index contributed by atoms with van der Waals surface area (Å²) in [7, 11) is 0. The Morgan fingerprint density at radius 1 is 1.00 bits per heavy atom. The summed E-state index contributed by atoms with van der Waals surface area (Å²) >= 11 is 0. The predicted octanol–water partition coefficient (Wildman–Crippen LogP) is 4.18. The molecule has 0 saturated heterocycles. The monoisotopic (exact) mass is 215 g/mol. The van der Waals surface area contributed by atoms with E-state index in [4.69, 9.17) is 0 Å². The summed E-state index contributed by atoms with van der Waals surface area (Å²) in [6.45, 7) is 12.7. The zero-order valence-corrected chi connectivity index (χ0v) is 11.2. The summed E-state index contributed by atoms with van der Waals surface area (Å²) in [5, 5.41) is 9.33. The minimum absolute atomic E-state index is 0.0126. The molecule has 16 heavy (non-hydrogen) atoms. The van der Waals surface area contributed by atoms with E-state index in [9.17, 15) is 5.26 Å². The fourth-order valence-electron chi connectivity index (χ4n) is 2.26. The molecule has 0 radical (unpaired) electrons. The normalized spacial score (nSPS) is 12.6. The van der Waals surface area contributed by atoms with Gasteiger partial charge in [0.2, 0.25) is 0 Å². The van der Waals surface area contributed by atoms with Crippen LogP contribution in [0.3, 0.4) is 0 Å². The minimum atomic E-state index is 0.0126. The van der Waals surface area contributed by atoms with Gasteiger partial charge in [-0.25, -0.2) is 0 Å². The Bertz CT molecular complexity index is 409. The topological polar surface area (TPSA) is 23.8 Å². The fraction of sp³-hybridized carbons (Fsp3) is 0.533. The van der Waals surface area contributed by atoms with Crippen LogP contribution in [0.15, 0.2) is 6.07 Å². The van der Waals surface area contributed by atoms with Crippen LogP contribution in [0, 0.1) is 44.9 Å². The molecule has 1 nitrogen and oxygen atoms in total. The molecule has 1 aromatic carbocycles. The molecular formula is C15H21N. The third-order valence-corrected chi connectivity index (χ3v) is 3.54. The SMILES string of the molecule is Cc1cc(C)c(C)c(C(C#N)C(C)C)c1C. The van der Waals surface area contributed by atoms with Crippen molar-refractivity contribution in [3.63, 3.8) is 0 Å². The molecule has 1 unspecified atom stereocenters. The van der Waals surface area contributed by atoms with Gasteiger partial charge in [0.1, 0.15) is 0 Å². The maximum absolute atomic E-state index is 9.33. The fourth-order valence-corrected chi connectivity index (χ4v) is 2.26. The summed E-state index contributed by atoms with van der Waals surface area (Å²) in [5.74, 6) is 0.377. The predicted molar refractivity (Wildman–Crippen MR) is 68.6 cm³/mol. The van der Waals surface area contributed by atoms with E-state index in [1.54, 1.807) is 0 Å². The van der Waals surface area contributed by atoms with E-state index in [1.165, 1.54) is 27.8 Å². The van der Waals surface area contributed by atoms with E-state index < -0.39 is 0 Å². The van der Waals surface area contributed by atoms with Crippen molar-refractivity contribution in [3.8, 4) is 6.07 Å². The third kappa shape index (κ3) is 2.11. The molecule has 0 aliphatic carbocycles. The second-order valence-corrected chi connectivity index (χ2v) is 5.02. The van der Waals surface area contributed by atoms with Gasteiger partial charge in [0.05, 0.1) is 12.0 Å². The van der Waals surface area contributed by atoms with Crippen molar-refractivity contribution >= 4 is 0 Å². The van der Waals surface area contributed by atoms with Crippen molar-refractivity contribution in [1.82, 2.24) is 0 Å². The second-order valence-electron chi connectivity index (χ2n) is 5.02. The molecule has 0 spiro atoms. The summed E-state index contributed by atoms with van der Waals surface area (Å²) in [5.41, 5.74) is 6.39. The second kappa shape index (κ2) is 4.70. The highest BCUT2D eigenvalue weighted by molar-refractivity contribution is 5.47. The first kappa shape index (κ1) is 12.8. The molecule has 0 aromatic heterocycles. The molecule has 0 saturated carbocycles. The molecule has 0 heterocycles. The van der Waals surface area contributed by atoms with Crippen LogP contribution in [0.4, 0.5) is 0 Å². The molecule has 0 aliphatic heterocycles. The Kier molecular flexibility index (Phi) is 3.75. The van der Waals surface area contributed by atoms with Gasteiger partial charge in [-0.2, -0.15) is 5.26 Å². The molecule has 0 aliphatic rings. The van der Waals surface area contributed by atoms with Crippen LogP contribution in [0.2, 0.25) is 0 Å². The Balaban J connectivity index is 3.49. The van der Waals surface area contributed by atoms with E-state index in [1.807, 2.05) is 0 Å². The van der Waals surface area contributed by atoms with Crippen LogP contribution in [-0.2, 0) is 0 Å². The third-order valence-electron chi connectivity index (χ3n) is 3.54. The smallest absolute Gasteiger partial charge is 0.0740 e. The van der Waals surface area contributed by atoms with Crippen molar-refractivity contribution in [1.29, 1.82) is 5.26 Å². The van der Waals surface area contributed by atoms with E-state index >= 15 is 0 Å². The highest BCUT2D eigenvalue weighted by atomic mass is 14.3. The molecule has 1 heteroatoms. The van der Waals surface area contributed by atoms with Gasteiger partial charge < -0.3 is 0 Å². The van der Waals surface area contributed by atoms with Gasteiger partial charge in [0.15, 0.2) is 0 Å². The summed E-state index contributed by atoms with van der Waals surface area (Å²) in [4.78, 5) is 0. The van der Waals surface area contributed by atoms with Crippen molar-refractivity contribution in [3.05, 3.63) is 33.9 Å². The van der Waals surface area contributed by atoms with Gasteiger partial charge in [0, 0.05) is 0 Å². The van der Waals surface area contributed by atoms with Crippen LogP contribution in [-0.4, -0.2) is 0 Å². The van der Waals surface area contributed by atoms with Crippen LogP contribution in [0.25, 0.3) is 0 Å². The molecule has 1 atom stereocenters. The molecule has 0 fully saturated rings. The zero-order chi connectivity index (χ0) is 12.5. The first-order chi connectivity index (χ1) is 7.40. The van der Waals surface area contributed by atoms with Crippen LogP contribution < -0.4 is 0 Å². The lowest BCUT2D eigenvalue weighted by molar-refractivity contribution is 0.582. The van der Waals surface area contributed by atoms with Crippen molar-refractivity contribution < 1.29 is 0 Å². The van der Waals surface area contributed by atoms with Crippen molar-refractivity contribution in [2.24, 2.45) is 5.92 Å². The largest absolute Gasteiger partial charge is 0.198 e. The Hall–Kier alpha value is -1.29. The molecule has 1 aromatic rings. The summed E-state index contributed by atoms with van der Waals surface area (Å²) in [6.07, 6.45) is 0. The maximum Gasteiger partial charge on any atom is 0.0740 e. The molecule has 0 N–H and O–H groups in total. The quantitative estimate of drug-likeness (QED) is 0.726. The molecule has 86 valence electrons. The number of rotatable bonds is 2. The Morgan fingerprint density at radius 3 is 1.75 bits per heavy atom. The Labute approximate surface area is 99.1 Å².